The molecule has 36 heavy (non-hydrogen) atoms. The summed E-state index contributed by atoms with van der Waals surface area (Å²) < 4.78 is 10.7. The van der Waals surface area contributed by atoms with Crippen LogP contribution in [0.15, 0.2) is 54.6 Å². The predicted octanol–water partition coefficient (Wildman–Crippen LogP) is 6.65. The van der Waals surface area contributed by atoms with E-state index >= 15 is 0 Å². The molecule has 1 saturated heterocycles. The van der Waals surface area contributed by atoms with Crippen molar-refractivity contribution >= 4 is 11.8 Å². The van der Waals surface area contributed by atoms with Crippen molar-refractivity contribution < 1.29 is 24.5 Å². The molecule has 0 unspecified atom stereocenters. The Hall–Kier alpha value is -3.51. The molecule has 1 fully saturated rings. The van der Waals surface area contributed by atoms with Gasteiger partial charge in [0, 0.05) is 24.3 Å². The summed E-state index contributed by atoms with van der Waals surface area (Å²) in [5, 5.41) is 18.2. The van der Waals surface area contributed by atoms with Gasteiger partial charge in [0.1, 0.15) is 18.1 Å². The summed E-state index contributed by atoms with van der Waals surface area (Å²) in [6.45, 7) is 11.3. The van der Waals surface area contributed by atoms with Crippen molar-refractivity contribution in [2.75, 3.05) is 31.2 Å². The number of carbonyl (C=O) groups is 1. The number of anilines is 1. The first kappa shape index (κ1) is 25.6. The quantitative estimate of drug-likeness (QED) is 0.286. The van der Waals surface area contributed by atoms with Crippen LogP contribution in [0.25, 0.3) is 22.3 Å². The van der Waals surface area contributed by atoms with Crippen LogP contribution >= 0.6 is 0 Å². The third-order valence-electron chi connectivity index (χ3n) is 6.56. The third-order valence-corrected chi connectivity index (χ3v) is 6.56. The standard InChI is InChI=1S/C30H35NO5/c1-20-17-23(19-26(30(2,3)4)28(20)31-13-5-6-14-31)25-18-22(9-12-27(25)35-16-15-32)21-7-10-24(11-8-21)36-29(33)34/h7-12,17-19,32H,5-6,13-16H2,1-4H3,(H,33,34). The lowest BCUT2D eigenvalue weighted by Gasteiger charge is -2.31. The van der Waals surface area contributed by atoms with Crippen LogP contribution in [0, 0.1) is 6.92 Å². The molecule has 4 rings (SSSR count). The van der Waals surface area contributed by atoms with E-state index in [-0.39, 0.29) is 24.4 Å². The highest BCUT2D eigenvalue weighted by Gasteiger charge is 2.26. The SMILES string of the molecule is Cc1cc(-c2cc(-c3ccc(OC(=O)O)cc3)ccc2OCCO)cc(C(C)(C)C)c1N1CCCC1. The lowest BCUT2D eigenvalue weighted by molar-refractivity contribution is 0.144. The highest BCUT2D eigenvalue weighted by atomic mass is 16.7. The highest BCUT2D eigenvalue weighted by Crippen LogP contribution is 2.42. The second-order valence-corrected chi connectivity index (χ2v) is 10.3. The minimum absolute atomic E-state index is 0.0393. The van der Waals surface area contributed by atoms with Gasteiger partial charge in [0.2, 0.25) is 0 Å². The molecule has 0 bridgehead atoms. The monoisotopic (exact) mass is 489 g/mol. The van der Waals surface area contributed by atoms with Crippen LogP contribution in [0.5, 0.6) is 11.5 Å². The molecular weight excluding hydrogens is 454 g/mol. The Balaban J connectivity index is 1.82. The zero-order valence-corrected chi connectivity index (χ0v) is 21.5. The van der Waals surface area contributed by atoms with Gasteiger partial charge < -0.3 is 24.6 Å². The van der Waals surface area contributed by atoms with Crippen LogP contribution in [0.1, 0.15) is 44.7 Å². The van der Waals surface area contributed by atoms with Gasteiger partial charge in [-0.1, -0.05) is 39.0 Å². The number of aryl methyl sites for hydroxylation is 1. The second-order valence-electron chi connectivity index (χ2n) is 10.3. The molecule has 3 aromatic rings. The van der Waals surface area contributed by atoms with Gasteiger partial charge in [-0.15, -0.1) is 0 Å². The molecule has 3 aromatic carbocycles. The van der Waals surface area contributed by atoms with Crippen molar-refractivity contribution in [1.29, 1.82) is 0 Å². The van der Waals surface area contributed by atoms with E-state index in [1.807, 2.05) is 24.3 Å². The largest absolute Gasteiger partial charge is 0.511 e. The van der Waals surface area contributed by atoms with Crippen molar-refractivity contribution in [2.45, 2.75) is 46.0 Å². The second kappa shape index (κ2) is 10.6. The van der Waals surface area contributed by atoms with Gasteiger partial charge in [-0.25, -0.2) is 4.79 Å². The van der Waals surface area contributed by atoms with Crippen molar-refractivity contribution in [2.24, 2.45) is 0 Å². The van der Waals surface area contributed by atoms with Gasteiger partial charge in [-0.3, -0.25) is 0 Å². The number of aliphatic hydroxyl groups excluding tert-OH is 1. The lowest BCUT2D eigenvalue weighted by atomic mass is 9.82. The smallest absolute Gasteiger partial charge is 0.491 e. The minimum Gasteiger partial charge on any atom is -0.491 e. The molecule has 6 nitrogen and oxygen atoms in total. The van der Waals surface area contributed by atoms with Gasteiger partial charge >= 0.3 is 6.16 Å². The van der Waals surface area contributed by atoms with Gasteiger partial charge in [0.15, 0.2) is 0 Å². The number of ether oxygens (including phenoxy) is 2. The summed E-state index contributed by atoms with van der Waals surface area (Å²) in [7, 11) is 0. The van der Waals surface area contributed by atoms with Crippen molar-refractivity contribution in [3.05, 3.63) is 65.7 Å². The Morgan fingerprint density at radius 1 is 0.944 bits per heavy atom. The summed E-state index contributed by atoms with van der Waals surface area (Å²) >= 11 is 0. The normalized spacial score (nSPS) is 13.6. The molecule has 0 aliphatic carbocycles. The van der Waals surface area contributed by atoms with Crippen molar-refractivity contribution in [1.82, 2.24) is 0 Å². The topological polar surface area (TPSA) is 79.2 Å². The fourth-order valence-electron chi connectivity index (χ4n) is 4.90. The molecule has 0 spiro atoms. The number of aliphatic hydroxyl groups is 1. The Bertz CT molecular complexity index is 1220. The van der Waals surface area contributed by atoms with E-state index in [1.54, 1.807) is 12.1 Å². The van der Waals surface area contributed by atoms with Gasteiger partial charge in [0.25, 0.3) is 0 Å². The highest BCUT2D eigenvalue weighted by molar-refractivity contribution is 5.81. The summed E-state index contributed by atoms with van der Waals surface area (Å²) in [5.41, 5.74) is 7.79. The van der Waals surface area contributed by atoms with E-state index < -0.39 is 6.16 Å². The molecule has 0 aromatic heterocycles. The molecule has 1 aliphatic heterocycles. The number of benzene rings is 3. The maximum absolute atomic E-state index is 10.8. The molecule has 1 aliphatic rings. The van der Waals surface area contributed by atoms with Crippen LogP contribution in [0.2, 0.25) is 0 Å². The number of hydrogen-bond donors (Lipinski definition) is 2. The van der Waals surface area contributed by atoms with E-state index in [1.165, 1.54) is 29.7 Å². The van der Waals surface area contributed by atoms with E-state index in [0.29, 0.717) is 5.75 Å². The number of hydrogen-bond acceptors (Lipinski definition) is 5. The Morgan fingerprint density at radius 3 is 2.22 bits per heavy atom. The first-order chi connectivity index (χ1) is 17.2. The number of carboxylic acid groups (broad SMARTS) is 1. The summed E-state index contributed by atoms with van der Waals surface area (Å²) in [6.07, 6.45) is 1.11. The lowest BCUT2D eigenvalue weighted by Crippen LogP contribution is -2.24. The van der Waals surface area contributed by atoms with E-state index in [9.17, 15) is 9.90 Å². The zero-order chi connectivity index (χ0) is 25.9. The molecule has 0 amide bonds. The Morgan fingerprint density at radius 2 is 1.61 bits per heavy atom. The first-order valence-corrected chi connectivity index (χ1v) is 12.5. The summed E-state index contributed by atoms with van der Waals surface area (Å²) in [4.78, 5) is 13.3. The molecule has 6 heteroatoms. The molecule has 2 N–H and O–H groups in total. The molecular formula is C30H35NO5. The number of rotatable bonds is 7. The van der Waals surface area contributed by atoms with Crippen LogP contribution in [0.4, 0.5) is 10.5 Å². The fraction of sp³-hybridized carbons (Fsp3) is 0.367. The van der Waals surface area contributed by atoms with Crippen LogP contribution in [-0.2, 0) is 5.41 Å². The van der Waals surface area contributed by atoms with E-state index in [0.717, 1.165) is 35.3 Å². The number of nitrogens with zero attached hydrogens (tertiary/aromatic N) is 1. The minimum atomic E-state index is -1.34. The van der Waals surface area contributed by atoms with Crippen molar-refractivity contribution in [3.8, 4) is 33.8 Å². The fourth-order valence-corrected chi connectivity index (χ4v) is 4.90. The maximum atomic E-state index is 10.8. The average molecular weight is 490 g/mol. The molecule has 190 valence electrons. The zero-order valence-electron chi connectivity index (χ0n) is 21.5. The molecule has 0 atom stereocenters. The maximum Gasteiger partial charge on any atom is 0.511 e. The third kappa shape index (κ3) is 5.65. The summed E-state index contributed by atoms with van der Waals surface area (Å²) in [6, 6.07) is 17.5. The van der Waals surface area contributed by atoms with Crippen LogP contribution in [-0.4, -0.2) is 42.7 Å². The molecule has 0 saturated carbocycles. The average Bonchev–Trinajstić information content (AvgIpc) is 3.36. The molecule has 0 radical (unpaired) electrons. The van der Waals surface area contributed by atoms with E-state index in [2.05, 4.69) is 50.8 Å². The summed E-state index contributed by atoms with van der Waals surface area (Å²) in [5.74, 6) is 0.990. The van der Waals surface area contributed by atoms with Gasteiger partial charge in [-0.05, 0) is 89.4 Å². The Labute approximate surface area is 213 Å². The molecule has 1 heterocycles. The van der Waals surface area contributed by atoms with E-state index in [4.69, 9.17) is 14.6 Å². The van der Waals surface area contributed by atoms with Crippen molar-refractivity contribution in [3.63, 3.8) is 0 Å². The first-order valence-electron chi connectivity index (χ1n) is 12.5. The van der Waals surface area contributed by atoms with Gasteiger partial charge in [0.05, 0.1) is 6.61 Å². The van der Waals surface area contributed by atoms with Crippen LogP contribution in [0.3, 0.4) is 0 Å². The Kier molecular flexibility index (Phi) is 7.55. The predicted molar refractivity (Wildman–Crippen MR) is 143 cm³/mol. The van der Waals surface area contributed by atoms with Gasteiger partial charge in [-0.2, -0.15) is 0 Å². The van der Waals surface area contributed by atoms with Crippen LogP contribution < -0.4 is 14.4 Å².